The Balaban J connectivity index is 3.21. The van der Waals surface area contributed by atoms with Crippen LogP contribution < -0.4 is 5.41 Å². The van der Waals surface area contributed by atoms with Crippen LogP contribution in [0, 0.1) is 13.8 Å². The van der Waals surface area contributed by atoms with Crippen LogP contribution in [0.5, 0.6) is 0 Å². The first-order valence-corrected chi connectivity index (χ1v) is 3.36. The third-order valence-corrected chi connectivity index (χ3v) is 1.61. The van der Waals surface area contributed by atoms with Crippen molar-refractivity contribution in [3.63, 3.8) is 0 Å². The van der Waals surface area contributed by atoms with Gasteiger partial charge in [0, 0.05) is 5.56 Å². The van der Waals surface area contributed by atoms with Gasteiger partial charge in [0.2, 0.25) is 0 Å². The second-order valence-corrected chi connectivity index (χ2v) is 2.53. The van der Waals surface area contributed by atoms with E-state index in [4.69, 9.17) is 5.41 Å². The van der Waals surface area contributed by atoms with E-state index in [0.29, 0.717) is 0 Å². The molecule has 0 aliphatic rings. The molecule has 0 bridgehead atoms. The highest BCUT2D eigenvalue weighted by Gasteiger charge is 1.94. The highest BCUT2D eigenvalue weighted by atomic mass is 14.3. The van der Waals surface area contributed by atoms with Crippen LogP contribution in [0.2, 0.25) is 0 Å². The van der Waals surface area contributed by atoms with E-state index in [1.54, 1.807) is 6.21 Å². The molecular formula is C9H12N+. The molecule has 0 amide bonds. The minimum atomic E-state index is 1.13. The second-order valence-electron chi connectivity index (χ2n) is 2.53. The highest BCUT2D eigenvalue weighted by Crippen LogP contribution is 2.06. The zero-order chi connectivity index (χ0) is 7.56. The van der Waals surface area contributed by atoms with Crippen molar-refractivity contribution < 1.29 is 5.41 Å². The molecule has 0 unspecified atom stereocenters. The number of benzene rings is 1. The maximum absolute atomic E-state index is 5.39. The van der Waals surface area contributed by atoms with Gasteiger partial charge in [-0.05, 0) is 25.5 Å². The van der Waals surface area contributed by atoms with Gasteiger partial charge in [0.25, 0.3) is 0 Å². The summed E-state index contributed by atoms with van der Waals surface area (Å²) in [6, 6.07) is 6.24. The largest absolute Gasteiger partial charge is 0.260 e. The molecule has 0 spiro atoms. The van der Waals surface area contributed by atoms with Gasteiger partial charge in [-0.25, -0.2) is 0 Å². The van der Waals surface area contributed by atoms with Gasteiger partial charge in [-0.15, -0.1) is 0 Å². The van der Waals surface area contributed by atoms with E-state index in [0.717, 1.165) is 5.56 Å². The number of rotatable bonds is 1. The van der Waals surface area contributed by atoms with Gasteiger partial charge in [-0.3, -0.25) is 5.41 Å². The fraction of sp³-hybridized carbons (Fsp3) is 0.222. The standard InChI is InChI=1S/C9H11N/c1-7-3-4-8(2)9(5-7)6-10/h3-6,10H,1-2H3/p+1. The maximum Gasteiger partial charge on any atom is 0.167 e. The molecule has 2 N–H and O–H groups in total. The molecule has 52 valence electrons. The molecular weight excluding hydrogens is 122 g/mol. The van der Waals surface area contributed by atoms with Crippen LogP contribution in [0.1, 0.15) is 16.7 Å². The number of aryl methyl sites for hydroxylation is 2. The molecule has 10 heavy (non-hydrogen) atoms. The number of hydrogen-bond acceptors (Lipinski definition) is 0. The summed E-state index contributed by atoms with van der Waals surface area (Å²) in [7, 11) is 0. The molecule has 1 nitrogen and oxygen atoms in total. The second kappa shape index (κ2) is 2.65. The third-order valence-electron chi connectivity index (χ3n) is 1.61. The Morgan fingerprint density at radius 2 is 2.00 bits per heavy atom. The molecule has 0 heterocycles. The minimum absolute atomic E-state index is 1.13. The monoisotopic (exact) mass is 134 g/mol. The normalized spacial score (nSPS) is 9.40. The predicted molar refractivity (Wildman–Crippen MR) is 43.0 cm³/mol. The van der Waals surface area contributed by atoms with Crippen LogP contribution in [0.25, 0.3) is 0 Å². The maximum atomic E-state index is 5.39. The van der Waals surface area contributed by atoms with Crippen LogP contribution in [0.15, 0.2) is 18.2 Å². The fourth-order valence-electron chi connectivity index (χ4n) is 0.939. The van der Waals surface area contributed by atoms with E-state index in [1.807, 2.05) is 0 Å². The molecule has 0 aliphatic heterocycles. The zero-order valence-electron chi connectivity index (χ0n) is 6.39. The van der Waals surface area contributed by atoms with Crippen LogP contribution >= 0.6 is 0 Å². The minimum Gasteiger partial charge on any atom is -0.260 e. The van der Waals surface area contributed by atoms with E-state index in [9.17, 15) is 0 Å². The SMILES string of the molecule is Cc1ccc(C)c(C=[NH2+])c1. The Bertz CT molecular complexity index is 251. The highest BCUT2D eigenvalue weighted by molar-refractivity contribution is 5.77. The smallest absolute Gasteiger partial charge is 0.167 e. The van der Waals surface area contributed by atoms with E-state index in [-0.39, 0.29) is 0 Å². The lowest BCUT2D eigenvalue weighted by Gasteiger charge is -1.96. The van der Waals surface area contributed by atoms with E-state index < -0.39 is 0 Å². The van der Waals surface area contributed by atoms with Gasteiger partial charge in [0.15, 0.2) is 6.21 Å². The lowest BCUT2D eigenvalue weighted by molar-refractivity contribution is -0.104. The summed E-state index contributed by atoms with van der Waals surface area (Å²) in [4.78, 5) is 0. The van der Waals surface area contributed by atoms with Crippen LogP contribution in [-0.4, -0.2) is 6.21 Å². The quantitative estimate of drug-likeness (QED) is 0.541. The van der Waals surface area contributed by atoms with Gasteiger partial charge >= 0.3 is 0 Å². The molecule has 1 heteroatoms. The summed E-state index contributed by atoms with van der Waals surface area (Å²) in [5.74, 6) is 0. The van der Waals surface area contributed by atoms with Gasteiger partial charge in [-0.1, -0.05) is 17.7 Å². The summed E-state index contributed by atoms with van der Waals surface area (Å²) < 4.78 is 0. The molecule has 0 aromatic heterocycles. The van der Waals surface area contributed by atoms with E-state index in [2.05, 4.69) is 32.0 Å². The zero-order valence-corrected chi connectivity index (χ0v) is 6.39. The lowest BCUT2D eigenvalue weighted by atomic mass is 10.1. The van der Waals surface area contributed by atoms with Crippen molar-refractivity contribution >= 4 is 6.21 Å². The van der Waals surface area contributed by atoms with Crippen molar-refractivity contribution in [2.24, 2.45) is 0 Å². The van der Waals surface area contributed by atoms with Crippen molar-refractivity contribution in [2.45, 2.75) is 13.8 Å². The first-order valence-electron chi connectivity index (χ1n) is 3.36. The van der Waals surface area contributed by atoms with Gasteiger partial charge in [0.05, 0.1) is 0 Å². The molecule has 0 radical (unpaired) electrons. The average molecular weight is 134 g/mol. The Labute approximate surface area is 61.2 Å². The summed E-state index contributed by atoms with van der Waals surface area (Å²) >= 11 is 0. The molecule has 0 fully saturated rings. The number of hydrogen-bond donors (Lipinski definition) is 1. The third kappa shape index (κ3) is 1.24. The predicted octanol–water partition coefficient (Wildman–Crippen LogP) is 0.481. The van der Waals surface area contributed by atoms with E-state index >= 15 is 0 Å². The Kier molecular flexibility index (Phi) is 1.86. The van der Waals surface area contributed by atoms with Gasteiger partial charge in [-0.2, -0.15) is 0 Å². The molecule has 0 atom stereocenters. The van der Waals surface area contributed by atoms with Crippen molar-refractivity contribution in [3.8, 4) is 0 Å². The Hall–Kier alpha value is -1.11. The van der Waals surface area contributed by atoms with Gasteiger partial charge < -0.3 is 0 Å². The number of nitrogens with two attached hydrogens (primary N) is 1. The van der Waals surface area contributed by atoms with Crippen molar-refractivity contribution in [1.29, 1.82) is 0 Å². The Morgan fingerprint density at radius 3 is 2.50 bits per heavy atom. The summed E-state index contributed by atoms with van der Waals surface area (Å²) in [5.41, 5.74) is 3.61. The molecule has 0 saturated heterocycles. The van der Waals surface area contributed by atoms with Crippen LogP contribution in [-0.2, 0) is 0 Å². The molecule has 1 rings (SSSR count). The first-order chi connectivity index (χ1) is 4.74. The molecule has 0 aliphatic carbocycles. The van der Waals surface area contributed by atoms with Crippen molar-refractivity contribution in [3.05, 3.63) is 34.9 Å². The molecule has 1 aromatic rings. The fourth-order valence-corrected chi connectivity index (χ4v) is 0.939. The summed E-state index contributed by atoms with van der Waals surface area (Å²) in [5, 5.41) is 5.39. The first kappa shape index (κ1) is 7.00. The molecule has 1 aromatic carbocycles. The summed E-state index contributed by atoms with van der Waals surface area (Å²) in [6.45, 7) is 4.12. The molecule has 0 saturated carbocycles. The Morgan fingerprint density at radius 1 is 1.30 bits per heavy atom. The lowest BCUT2D eigenvalue weighted by Crippen LogP contribution is -2.30. The average Bonchev–Trinajstić information content (AvgIpc) is 1.94. The van der Waals surface area contributed by atoms with Crippen molar-refractivity contribution in [1.82, 2.24) is 0 Å². The van der Waals surface area contributed by atoms with E-state index in [1.165, 1.54) is 11.1 Å². The van der Waals surface area contributed by atoms with Gasteiger partial charge in [0.1, 0.15) is 0 Å². The van der Waals surface area contributed by atoms with Crippen LogP contribution in [0.4, 0.5) is 0 Å². The topological polar surface area (TPSA) is 25.6 Å². The van der Waals surface area contributed by atoms with Crippen LogP contribution in [0.3, 0.4) is 0 Å². The van der Waals surface area contributed by atoms with Crippen molar-refractivity contribution in [2.75, 3.05) is 0 Å². The summed E-state index contributed by atoms with van der Waals surface area (Å²) in [6.07, 6.45) is 1.64.